The van der Waals surface area contributed by atoms with Gasteiger partial charge in [0, 0.05) is 10.7 Å². The van der Waals surface area contributed by atoms with Crippen LogP contribution in [0.3, 0.4) is 0 Å². The number of hydrogen-bond donors (Lipinski definition) is 0. The van der Waals surface area contributed by atoms with Crippen molar-refractivity contribution >= 4 is 25.8 Å². The van der Waals surface area contributed by atoms with Gasteiger partial charge in [-0.1, -0.05) is 28.1 Å². The largest absolute Gasteiger partial charge is 0.494 e. The summed E-state index contributed by atoms with van der Waals surface area (Å²) < 4.78 is 42.1. The molecule has 3 nitrogen and oxygen atoms in total. The summed E-state index contributed by atoms with van der Waals surface area (Å²) in [6.07, 6.45) is 1.14. The smallest absolute Gasteiger partial charge is 0.175 e. The fraction of sp³-hybridized carbons (Fsp3) is 0.143. The van der Waals surface area contributed by atoms with E-state index in [2.05, 4.69) is 15.9 Å². The summed E-state index contributed by atoms with van der Waals surface area (Å²) in [5.41, 5.74) is 1.34. The van der Waals surface area contributed by atoms with Crippen LogP contribution in [0.5, 0.6) is 5.75 Å². The van der Waals surface area contributed by atoms with E-state index < -0.39 is 15.7 Å². The first kappa shape index (κ1) is 15.0. The summed E-state index contributed by atoms with van der Waals surface area (Å²) in [5.74, 6) is -0.304. The predicted octanol–water partition coefficient (Wildman–Crippen LogP) is 3.67. The summed E-state index contributed by atoms with van der Waals surface area (Å²) in [5, 5.41) is 0. The zero-order valence-corrected chi connectivity index (χ0v) is 13.3. The minimum absolute atomic E-state index is 0.164. The maximum atomic E-state index is 13.7. The Hall–Kier alpha value is -1.40. The third kappa shape index (κ3) is 3.02. The van der Waals surface area contributed by atoms with Crippen molar-refractivity contribution in [3.05, 3.63) is 46.7 Å². The van der Waals surface area contributed by atoms with E-state index in [1.165, 1.54) is 31.4 Å². The Balaban J connectivity index is 2.51. The first-order valence-electron chi connectivity index (χ1n) is 5.66. The van der Waals surface area contributed by atoms with Gasteiger partial charge in [-0.3, -0.25) is 0 Å². The molecular weight excluding hydrogens is 347 g/mol. The number of rotatable bonds is 3. The summed E-state index contributed by atoms with van der Waals surface area (Å²) in [6, 6.07) is 9.23. The van der Waals surface area contributed by atoms with Gasteiger partial charge in [0.05, 0.1) is 12.0 Å². The van der Waals surface area contributed by atoms with Crippen molar-refractivity contribution in [2.45, 2.75) is 4.90 Å². The molecule has 0 saturated heterocycles. The molecule has 0 unspecified atom stereocenters. The van der Waals surface area contributed by atoms with Crippen LogP contribution in [0.1, 0.15) is 0 Å². The molecule has 106 valence electrons. The van der Waals surface area contributed by atoms with Crippen LogP contribution in [0, 0.1) is 5.82 Å². The third-order valence-electron chi connectivity index (χ3n) is 2.83. The van der Waals surface area contributed by atoms with Crippen molar-refractivity contribution in [2.75, 3.05) is 13.4 Å². The lowest BCUT2D eigenvalue weighted by Gasteiger charge is -2.09. The van der Waals surface area contributed by atoms with Gasteiger partial charge in [0.1, 0.15) is 0 Å². The molecule has 0 amide bonds. The zero-order valence-electron chi connectivity index (χ0n) is 10.9. The lowest BCUT2D eigenvalue weighted by atomic mass is 10.1. The molecule has 2 aromatic carbocycles. The van der Waals surface area contributed by atoms with E-state index in [0.717, 1.165) is 6.26 Å². The Kier molecular flexibility index (Phi) is 4.15. The van der Waals surface area contributed by atoms with Crippen LogP contribution in [0.4, 0.5) is 4.39 Å². The van der Waals surface area contributed by atoms with Gasteiger partial charge in [-0.2, -0.15) is 0 Å². The molecule has 20 heavy (non-hydrogen) atoms. The fourth-order valence-corrected chi connectivity index (χ4v) is 3.20. The molecule has 0 radical (unpaired) electrons. The third-order valence-corrected chi connectivity index (χ3v) is 4.60. The van der Waals surface area contributed by atoms with Crippen molar-refractivity contribution in [3.63, 3.8) is 0 Å². The van der Waals surface area contributed by atoms with Gasteiger partial charge in [-0.05, 0) is 35.4 Å². The van der Waals surface area contributed by atoms with Crippen molar-refractivity contribution in [1.29, 1.82) is 0 Å². The van der Waals surface area contributed by atoms with Crippen LogP contribution < -0.4 is 4.74 Å². The van der Waals surface area contributed by atoms with Crippen molar-refractivity contribution in [1.82, 2.24) is 0 Å². The Bertz CT molecular complexity index is 757. The summed E-state index contributed by atoms with van der Waals surface area (Å²) >= 11 is 3.32. The molecule has 0 atom stereocenters. The first-order chi connectivity index (χ1) is 9.32. The number of hydrogen-bond acceptors (Lipinski definition) is 3. The molecule has 0 aromatic heterocycles. The highest BCUT2D eigenvalue weighted by Crippen LogP contribution is 2.32. The second-order valence-electron chi connectivity index (χ2n) is 4.26. The van der Waals surface area contributed by atoms with E-state index in [1.807, 2.05) is 0 Å². The van der Waals surface area contributed by atoms with Gasteiger partial charge in [0.25, 0.3) is 0 Å². The van der Waals surface area contributed by atoms with Crippen molar-refractivity contribution < 1.29 is 17.5 Å². The Morgan fingerprint density at radius 2 is 1.85 bits per heavy atom. The van der Waals surface area contributed by atoms with E-state index in [0.29, 0.717) is 15.6 Å². The fourth-order valence-electron chi connectivity index (χ4n) is 1.79. The minimum atomic E-state index is -3.27. The molecule has 0 fully saturated rings. The van der Waals surface area contributed by atoms with Crippen LogP contribution in [0.2, 0.25) is 0 Å². The minimum Gasteiger partial charge on any atom is -0.494 e. The van der Waals surface area contributed by atoms with Gasteiger partial charge < -0.3 is 4.74 Å². The number of methoxy groups -OCH3 is 1. The molecule has 0 aliphatic rings. The highest BCUT2D eigenvalue weighted by molar-refractivity contribution is 9.10. The van der Waals surface area contributed by atoms with Crippen LogP contribution in [0.15, 0.2) is 45.8 Å². The van der Waals surface area contributed by atoms with Crippen molar-refractivity contribution in [3.8, 4) is 16.9 Å². The summed E-state index contributed by atoms with van der Waals surface area (Å²) in [6.45, 7) is 0. The second kappa shape index (κ2) is 5.54. The average Bonchev–Trinajstić information content (AvgIpc) is 2.37. The number of halogens is 2. The Morgan fingerprint density at radius 1 is 1.15 bits per heavy atom. The second-order valence-corrected chi connectivity index (χ2v) is 7.13. The van der Waals surface area contributed by atoms with Crippen molar-refractivity contribution in [2.24, 2.45) is 0 Å². The molecule has 0 saturated carbocycles. The van der Waals surface area contributed by atoms with Crippen LogP contribution in [-0.4, -0.2) is 21.8 Å². The van der Waals surface area contributed by atoms with E-state index >= 15 is 0 Å². The van der Waals surface area contributed by atoms with Gasteiger partial charge in [0.15, 0.2) is 21.4 Å². The van der Waals surface area contributed by atoms with Gasteiger partial charge in [-0.15, -0.1) is 0 Å². The van der Waals surface area contributed by atoms with Gasteiger partial charge in [-0.25, -0.2) is 12.8 Å². The molecule has 0 bridgehead atoms. The van der Waals surface area contributed by atoms with Crippen LogP contribution >= 0.6 is 15.9 Å². The molecule has 2 aromatic rings. The lowest BCUT2D eigenvalue weighted by molar-refractivity contribution is 0.386. The predicted molar refractivity (Wildman–Crippen MR) is 79.2 cm³/mol. The van der Waals surface area contributed by atoms with Crippen LogP contribution in [-0.2, 0) is 9.84 Å². The molecule has 0 aliphatic heterocycles. The van der Waals surface area contributed by atoms with E-state index in [9.17, 15) is 12.8 Å². The monoisotopic (exact) mass is 358 g/mol. The quantitative estimate of drug-likeness (QED) is 0.840. The first-order valence-corrected chi connectivity index (χ1v) is 8.35. The lowest BCUT2D eigenvalue weighted by Crippen LogP contribution is -1.97. The SMILES string of the molecule is COc1ccc(-c2ccc(S(C)(=O)=O)cc2Br)cc1F. The van der Waals surface area contributed by atoms with E-state index in [4.69, 9.17) is 4.74 Å². The molecule has 2 rings (SSSR count). The van der Waals surface area contributed by atoms with E-state index in [-0.39, 0.29) is 10.6 Å². The Morgan fingerprint density at radius 3 is 2.35 bits per heavy atom. The highest BCUT2D eigenvalue weighted by atomic mass is 79.9. The normalized spacial score (nSPS) is 11.4. The van der Waals surface area contributed by atoms with Crippen LogP contribution in [0.25, 0.3) is 11.1 Å². The van der Waals surface area contributed by atoms with Gasteiger partial charge >= 0.3 is 0 Å². The number of sulfone groups is 1. The maximum Gasteiger partial charge on any atom is 0.175 e. The number of benzene rings is 2. The van der Waals surface area contributed by atoms with Gasteiger partial charge in [0.2, 0.25) is 0 Å². The van der Waals surface area contributed by atoms with E-state index in [1.54, 1.807) is 12.1 Å². The summed E-state index contributed by atoms with van der Waals surface area (Å²) in [4.78, 5) is 0.210. The molecule has 0 N–H and O–H groups in total. The standard InChI is InChI=1S/C14H12BrFO3S/c1-19-14-6-3-9(7-13(14)16)11-5-4-10(8-12(11)15)20(2,17)18/h3-8H,1-2H3. The Labute approximate surface area is 125 Å². The highest BCUT2D eigenvalue weighted by Gasteiger charge is 2.12. The average molecular weight is 359 g/mol. The molecule has 0 spiro atoms. The number of ether oxygens (including phenoxy) is 1. The molecular formula is C14H12BrFO3S. The summed E-state index contributed by atoms with van der Waals surface area (Å²) in [7, 11) is -1.87. The zero-order chi connectivity index (χ0) is 14.9. The molecule has 0 aliphatic carbocycles. The topological polar surface area (TPSA) is 43.4 Å². The molecule has 0 heterocycles. The maximum absolute atomic E-state index is 13.7. The molecule has 6 heteroatoms.